The third kappa shape index (κ3) is 5.23. The van der Waals surface area contributed by atoms with Crippen molar-refractivity contribution in [2.75, 3.05) is 44.4 Å². The molecule has 2 heterocycles. The lowest BCUT2D eigenvalue weighted by Crippen LogP contribution is -2.52. The summed E-state index contributed by atoms with van der Waals surface area (Å²) < 4.78 is 13.5. The Balaban J connectivity index is 1.44. The van der Waals surface area contributed by atoms with Gasteiger partial charge in [-0.25, -0.2) is 13.3 Å². The van der Waals surface area contributed by atoms with Crippen molar-refractivity contribution in [3.8, 4) is 0 Å². The summed E-state index contributed by atoms with van der Waals surface area (Å²) in [5.74, 6) is 0. The molecule has 150 valence electrons. The molecule has 1 unspecified atom stereocenters. The van der Waals surface area contributed by atoms with Gasteiger partial charge >= 0.3 is 6.03 Å². The molecule has 2 saturated heterocycles. The summed E-state index contributed by atoms with van der Waals surface area (Å²) in [5, 5.41) is 3.22. The molecule has 2 amide bonds. The lowest BCUT2D eigenvalue weighted by Gasteiger charge is -2.38. The highest BCUT2D eigenvalue weighted by Gasteiger charge is 2.28. The number of hydrogen-bond acceptors (Lipinski definition) is 3. The molecule has 2 aliphatic heterocycles. The summed E-state index contributed by atoms with van der Waals surface area (Å²) in [4.78, 5) is 16.9. The van der Waals surface area contributed by atoms with E-state index >= 15 is 0 Å². The second-order valence-electron chi connectivity index (χ2n) is 7.74. The molecule has 0 aromatic heterocycles. The van der Waals surface area contributed by atoms with Gasteiger partial charge in [-0.3, -0.25) is 0 Å². The number of aryl methyl sites for hydroxylation is 1. The molecule has 1 aromatic carbocycles. The average Bonchev–Trinajstić information content (AvgIpc) is 2.68. The molecule has 0 radical (unpaired) electrons. The molecule has 2 aliphatic rings. The average molecular weight is 393 g/mol. The van der Waals surface area contributed by atoms with E-state index in [9.17, 15) is 9.00 Å². The molecule has 1 aromatic rings. The van der Waals surface area contributed by atoms with Gasteiger partial charge in [0.2, 0.25) is 0 Å². The van der Waals surface area contributed by atoms with E-state index in [1.165, 1.54) is 11.3 Å². The van der Waals surface area contributed by atoms with Gasteiger partial charge in [-0.1, -0.05) is 17.7 Å². The van der Waals surface area contributed by atoms with Gasteiger partial charge in [-0.15, -0.1) is 0 Å². The van der Waals surface area contributed by atoms with Gasteiger partial charge in [0.05, 0.1) is 11.0 Å². The van der Waals surface area contributed by atoms with E-state index in [4.69, 9.17) is 0 Å². The van der Waals surface area contributed by atoms with Crippen LogP contribution in [0.3, 0.4) is 0 Å². The Morgan fingerprint density at radius 1 is 1.07 bits per heavy atom. The molecule has 1 N–H and O–H groups in total. The Bertz CT molecular complexity index is 650. The van der Waals surface area contributed by atoms with Gasteiger partial charge in [0, 0.05) is 57.3 Å². The predicted molar refractivity (Wildman–Crippen MR) is 111 cm³/mol. The molecule has 7 heteroatoms. The summed E-state index contributed by atoms with van der Waals surface area (Å²) in [7, 11) is 0.981. The fraction of sp³-hybridized carbons (Fsp3) is 0.650. The number of benzene rings is 1. The first kappa shape index (κ1) is 20.1. The van der Waals surface area contributed by atoms with Crippen LogP contribution in [0.2, 0.25) is 0 Å². The molecule has 0 bridgehead atoms. The smallest absolute Gasteiger partial charge is 0.317 e. The van der Waals surface area contributed by atoms with Crippen LogP contribution in [0.1, 0.15) is 31.2 Å². The fourth-order valence-corrected chi connectivity index (χ4v) is 4.69. The lowest BCUT2D eigenvalue weighted by molar-refractivity contribution is 0.160. The van der Waals surface area contributed by atoms with Crippen molar-refractivity contribution >= 4 is 22.7 Å². The highest BCUT2D eigenvalue weighted by molar-refractivity contribution is 7.81. The van der Waals surface area contributed by atoms with E-state index in [1.807, 2.05) is 16.3 Å². The third-order valence-electron chi connectivity index (χ3n) is 5.88. The summed E-state index contributed by atoms with van der Waals surface area (Å²) >= 11 is 0. The predicted octanol–water partition coefficient (Wildman–Crippen LogP) is 2.36. The van der Waals surface area contributed by atoms with Crippen LogP contribution in [0, 0.1) is 6.92 Å². The third-order valence-corrected chi connectivity index (χ3v) is 6.97. The Morgan fingerprint density at radius 3 is 2.22 bits per heavy atom. The number of nitrogens with one attached hydrogen (secondary N) is 1. The normalized spacial score (nSPS) is 21.1. The Hall–Kier alpha value is -1.60. The van der Waals surface area contributed by atoms with E-state index in [0.29, 0.717) is 0 Å². The van der Waals surface area contributed by atoms with Crippen molar-refractivity contribution in [3.63, 3.8) is 0 Å². The van der Waals surface area contributed by atoms with Crippen LogP contribution >= 0.6 is 0 Å². The number of carbonyl (C=O) groups excluding carboxylic acids is 1. The highest BCUT2D eigenvalue weighted by Crippen LogP contribution is 2.21. The zero-order valence-corrected chi connectivity index (χ0v) is 17.5. The minimum absolute atomic E-state index is 0.0276. The maximum absolute atomic E-state index is 12.6. The van der Waals surface area contributed by atoms with Gasteiger partial charge in [0.25, 0.3) is 0 Å². The Morgan fingerprint density at radius 2 is 1.67 bits per heavy atom. The van der Waals surface area contributed by atoms with E-state index in [0.717, 1.165) is 51.9 Å². The van der Waals surface area contributed by atoms with Crippen LogP contribution in [-0.2, 0) is 11.0 Å². The number of hydrogen-bond donors (Lipinski definition) is 1. The maximum Gasteiger partial charge on any atom is 0.317 e. The molecular weight excluding hydrogens is 360 g/mol. The second kappa shape index (κ2) is 9.06. The fourth-order valence-electron chi connectivity index (χ4n) is 3.97. The molecule has 3 rings (SSSR count). The second-order valence-corrected chi connectivity index (χ2v) is 9.11. The largest absolute Gasteiger partial charge is 0.371 e. The Labute approximate surface area is 165 Å². The molecule has 1 atom stereocenters. The number of piperidine rings is 2. The van der Waals surface area contributed by atoms with Crippen LogP contribution in [0.15, 0.2) is 24.3 Å². The van der Waals surface area contributed by atoms with Crippen molar-refractivity contribution in [2.24, 2.45) is 0 Å². The topological polar surface area (TPSA) is 55.9 Å². The molecular formula is C20H32N4O2S. The lowest BCUT2D eigenvalue weighted by atomic mass is 10.0. The standard InChI is InChI=1S/C20H32N4O2S/c1-16-4-6-19(7-5-16)23-12-8-17(9-13-23)21-20(25)22(2)18-10-14-24(15-11-18)27(3)26/h4-7,17-18H,8-15H2,1-3H3,(H,21,25). The van der Waals surface area contributed by atoms with Crippen LogP contribution in [0.25, 0.3) is 0 Å². The minimum atomic E-state index is -0.908. The Kier molecular flexibility index (Phi) is 6.76. The quantitative estimate of drug-likeness (QED) is 0.856. The molecule has 27 heavy (non-hydrogen) atoms. The molecule has 2 fully saturated rings. The van der Waals surface area contributed by atoms with Gasteiger partial charge < -0.3 is 15.1 Å². The maximum atomic E-state index is 12.6. The first-order chi connectivity index (χ1) is 12.9. The highest BCUT2D eigenvalue weighted by atomic mass is 32.2. The van der Waals surface area contributed by atoms with Crippen LogP contribution in [-0.4, -0.2) is 71.0 Å². The van der Waals surface area contributed by atoms with Gasteiger partial charge in [0.15, 0.2) is 0 Å². The van der Waals surface area contributed by atoms with Gasteiger partial charge in [-0.2, -0.15) is 0 Å². The van der Waals surface area contributed by atoms with Crippen molar-refractivity contribution in [3.05, 3.63) is 29.8 Å². The summed E-state index contributed by atoms with van der Waals surface area (Å²) in [6.45, 7) is 5.63. The first-order valence-corrected chi connectivity index (χ1v) is 11.4. The van der Waals surface area contributed by atoms with E-state index < -0.39 is 11.0 Å². The van der Waals surface area contributed by atoms with Crippen molar-refractivity contribution < 1.29 is 9.00 Å². The SMILES string of the molecule is Cc1ccc(N2CCC(NC(=O)N(C)C3CCN(S(C)=O)CC3)CC2)cc1. The van der Waals surface area contributed by atoms with Gasteiger partial charge in [-0.05, 0) is 44.7 Å². The zero-order chi connectivity index (χ0) is 19.4. The van der Waals surface area contributed by atoms with E-state index in [-0.39, 0.29) is 18.1 Å². The van der Waals surface area contributed by atoms with Gasteiger partial charge in [0.1, 0.15) is 0 Å². The summed E-state index contributed by atoms with van der Waals surface area (Å²) in [6.07, 6.45) is 5.44. The molecule has 0 aliphatic carbocycles. The van der Waals surface area contributed by atoms with Crippen LogP contribution < -0.4 is 10.2 Å². The number of anilines is 1. The molecule has 0 spiro atoms. The molecule has 6 nitrogen and oxygen atoms in total. The number of rotatable bonds is 4. The summed E-state index contributed by atoms with van der Waals surface area (Å²) in [6, 6.07) is 9.16. The van der Waals surface area contributed by atoms with E-state index in [1.54, 1.807) is 6.26 Å². The van der Waals surface area contributed by atoms with E-state index in [2.05, 4.69) is 41.4 Å². The number of amides is 2. The summed E-state index contributed by atoms with van der Waals surface area (Å²) in [5.41, 5.74) is 2.54. The zero-order valence-electron chi connectivity index (χ0n) is 16.7. The minimum Gasteiger partial charge on any atom is -0.371 e. The molecule has 0 saturated carbocycles. The number of urea groups is 1. The monoisotopic (exact) mass is 392 g/mol. The number of carbonyl (C=O) groups is 1. The van der Waals surface area contributed by atoms with Crippen molar-refractivity contribution in [1.82, 2.24) is 14.5 Å². The van der Waals surface area contributed by atoms with Crippen LogP contribution in [0.5, 0.6) is 0 Å². The van der Waals surface area contributed by atoms with Crippen molar-refractivity contribution in [2.45, 2.75) is 44.7 Å². The van der Waals surface area contributed by atoms with Crippen LogP contribution in [0.4, 0.5) is 10.5 Å². The van der Waals surface area contributed by atoms with Crippen molar-refractivity contribution in [1.29, 1.82) is 0 Å². The first-order valence-electron chi connectivity index (χ1n) is 9.87. The number of nitrogens with zero attached hydrogens (tertiary/aromatic N) is 3.